The van der Waals surface area contributed by atoms with Crippen LogP contribution in [0.4, 0.5) is 0 Å². The number of nitrogens with zero attached hydrogens (tertiary/aromatic N) is 2. The van der Waals surface area contributed by atoms with Gasteiger partial charge in [-0.25, -0.2) is 4.98 Å². The van der Waals surface area contributed by atoms with Gasteiger partial charge in [0.15, 0.2) is 0 Å². The highest BCUT2D eigenvalue weighted by molar-refractivity contribution is 7.98. The lowest BCUT2D eigenvalue weighted by molar-refractivity contribution is 0.0844. The van der Waals surface area contributed by atoms with E-state index in [0.717, 1.165) is 16.2 Å². The summed E-state index contributed by atoms with van der Waals surface area (Å²) < 4.78 is 7.32. The Bertz CT molecular complexity index is 1200. The van der Waals surface area contributed by atoms with Crippen molar-refractivity contribution in [2.24, 2.45) is 0 Å². The molecule has 1 aromatic carbocycles. The molecule has 7 nitrogen and oxygen atoms in total. The SMILES string of the molecule is Cc1cc(C(=O)NNC(=O)c2ccccc2SCc2cn3ccccc3n2)c(C)o1. The van der Waals surface area contributed by atoms with Crippen LogP contribution in [0.5, 0.6) is 0 Å². The number of fused-ring (bicyclic) bond motifs is 1. The first-order valence-electron chi connectivity index (χ1n) is 9.33. The van der Waals surface area contributed by atoms with Gasteiger partial charge in [0.2, 0.25) is 0 Å². The van der Waals surface area contributed by atoms with Crippen LogP contribution in [0.15, 0.2) is 70.2 Å². The van der Waals surface area contributed by atoms with Crippen LogP contribution < -0.4 is 10.9 Å². The highest BCUT2D eigenvalue weighted by Crippen LogP contribution is 2.26. The lowest BCUT2D eigenvalue weighted by Crippen LogP contribution is -2.41. The minimum atomic E-state index is -0.424. The van der Waals surface area contributed by atoms with Crippen molar-refractivity contribution in [3.05, 3.63) is 89.3 Å². The molecule has 0 aliphatic carbocycles. The van der Waals surface area contributed by atoms with E-state index in [2.05, 4.69) is 15.8 Å². The maximum Gasteiger partial charge on any atom is 0.273 e. The molecule has 0 fully saturated rings. The van der Waals surface area contributed by atoms with Crippen molar-refractivity contribution < 1.29 is 14.0 Å². The third-order valence-electron chi connectivity index (χ3n) is 4.50. The van der Waals surface area contributed by atoms with Gasteiger partial charge in [-0.3, -0.25) is 20.4 Å². The number of carbonyl (C=O) groups is 2. The largest absolute Gasteiger partial charge is 0.466 e. The summed E-state index contributed by atoms with van der Waals surface area (Å²) >= 11 is 1.52. The molecule has 30 heavy (non-hydrogen) atoms. The third kappa shape index (κ3) is 4.23. The number of imidazole rings is 1. The Kier molecular flexibility index (Phi) is 5.58. The number of carbonyl (C=O) groups excluding carboxylic acids is 2. The van der Waals surface area contributed by atoms with Crippen molar-refractivity contribution in [3.8, 4) is 0 Å². The van der Waals surface area contributed by atoms with Gasteiger partial charge in [0.1, 0.15) is 17.2 Å². The predicted molar refractivity (Wildman–Crippen MR) is 114 cm³/mol. The third-order valence-corrected chi connectivity index (χ3v) is 5.60. The smallest absolute Gasteiger partial charge is 0.273 e. The van der Waals surface area contributed by atoms with E-state index < -0.39 is 5.91 Å². The van der Waals surface area contributed by atoms with Gasteiger partial charge in [-0.15, -0.1) is 11.8 Å². The zero-order chi connectivity index (χ0) is 21.1. The van der Waals surface area contributed by atoms with Crippen LogP contribution in [0, 0.1) is 13.8 Å². The molecule has 3 aromatic heterocycles. The summed E-state index contributed by atoms with van der Waals surface area (Å²) in [7, 11) is 0. The summed E-state index contributed by atoms with van der Waals surface area (Å²) in [6.07, 6.45) is 3.92. The van der Waals surface area contributed by atoms with Gasteiger partial charge in [0.25, 0.3) is 11.8 Å². The van der Waals surface area contributed by atoms with Crippen molar-refractivity contribution in [1.29, 1.82) is 0 Å². The van der Waals surface area contributed by atoms with Gasteiger partial charge in [0, 0.05) is 23.0 Å². The molecule has 0 radical (unpaired) electrons. The molecular weight excluding hydrogens is 400 g/mol. The van der Waals surface area contributed by atoms with E-state index in [-0.39, 0.29) is 5.91 Å². The number of hydrazine groups is 1. The summed E-state index contributed by atoms with van der Waals surface area (Å²) in [6.45, 7) is 3.47. The molecule has 2 amide bonds. The molecule has 152 valence electrons. The molecule has 4 aromatic rings. The molecule has 0 aliphatic heterocycles. The van der Waals surface area contributed by atoms with Crippen LogP contribution in [-0.2, 0) is 5.75 Å². The topological polar surface area (TPSA) is 88.6 Å². The summed E-state index contributed by atoms with van der Waals surface area (Å²) in [5.41, 5.74) is 7.59. The van der Waals surface area contributed by atoms with Crippen LogP contribution in [0.2, 0.25) is 0 Å². The Morgan fingerprint density at radius 3 is 2.50 bits per heavy atom. The average molecular weight is 420 g/mol. The number of benzene rings is 1. The number of aryl methyl sites for hydroxylation is 2. The number of hydrogen-bond donors (Lipinski definition) is 2. The van der Waals surface area contributed by atoms with E-state index >= 15 is 0 Å². The van der Waals surface area contributed by atoms with Crippen LogP contribution in [0.1, 0.15) is 37.9 Å². The molecule has 3 heterocycles. The highest BCUT2D eigenvalue weighted by atomic mass is 32.2. The second-order valence-electron chi connectivity index (χ2n) is 6.72. The Morgan fingerprint density at radius 1 is 1.03 bits per heavy atom. The maximum absolute atomic E-state index is 12.7. The lowest BCUT2D eigenvalue weighted by atomic mass is 10.2. The number of nitrogens with one attached hydrogen (secondary N) is 2. The zero-order valence-corrected chi connectivity index (χ0v) is 17.3. The van der Waals surface area contributed by atoms with Gasteiger partial charge in [0.05, 0.1) is 16.8 Å². The molecular formula is C22H20N4O3S. The van der Waals surface area contributed by atoms with Crippen molar-refractivity contribution in [3.63, 3.8) is 0 Å². The average Bonchev–Trinajstić information content (AvgIpc) is 3.32. The fourth-order valence-electron chi connectivity index (χ4n) is 3.09. The van der Waals surface area contributed by atoms with Crippen molar-refractivity contribution in [2.75, 3.05) is 0 Å². The Morgan fingerprint density at radius 2 is 1.77 bits per heavy atom. The molecule has 0 bridgehead atoms. The maximum atomic E-state index is 12.7. The van der Waals surface area contributed by atoms with Crippen LogP contribution in [0.25, 0.3) is 5.65 Å². The number of amides is 2. The van der Waals surface area contributed by atoms with Crippen molar-refractivity contribution in [2.45, 2.75) is 24.5 Å². The lowest BCUT2D eigenvalue weighted by Gasteiger charge is -2.10. The van der Waals surface area contributed by atoms with E-state index in [4.69, 9.17) is 4.42 Å². The second kappa shape index (κ2) is 8.46. The Labute approximate surface area is 177 Å². The van der Waals surface area contributed by atoms with Gasteiger partial charge in [-0.2, -0.15) is 0 Å². The molecule has 8 heteroatoms. The summed E-state index contributed by atoms with van der Waals surface area (Å²) in [5, 5.41) is 0. The van der Waals surface area contributed by atoms with E-state index in [1.54, 1.807) is 32.0 Å². The minimum absolute atomic E-state index is 0.390. The molecule has 0 spiro atoms. The van der Waals surface area contributed by atoms with E-state index in [0.29, 0.717) is 28.4 Å². The van der Waals surface area contributed by atoms with Crippen molar-refractivity contribution >= 4 is 29.2 Å². The molecule has 0 saturated carbocycles. The Balaban J connectivity index is 1.42. The van der Waals surface area contributed by atoms with Crippen LogP contribution in [-0.4, -0.2) is 21.2 Å². The van der Waals surface area contributed by atoms with Gasteiger partial charge in [-0.05, 0) is 44.2 Å². The summed E-state index contributed by atoms with van der Waals surface area (Å²) in [6, 6.07) is 14.7. The van der Waals surface area contributed by atoms with E-state index in [9.17, 15) is 9.59 Å². The molecule has 0 aliphatic rings. The highest BCUT2D eigenvalue weighted by Gasteiger charge is 2.16. The minimum Gasteiger partial charge on any atom is -0.466 e. The first kappa shape index (κ1) is 19.8. The molecule has 0 unspecified atom stereocenters. The number of rotatable bonds is 5. The second-order valence-corrected chi connectivity index (χ2v) is 7.74. The van der Waals surface area contributed by atoms with Crippen LogP contribution in [0.3, 0.4) is 0 Å². The molecule has 0 atom stereocenters. The number of hydrogen-bond acceptors (Lipinski definition) is 5. The zero-order valence-electron chi connectivity index (χ0n) is 16.5. The van der Waals surface area contributed by atoms with Gasteiger partial charge >= 0.3 is 0 Å². The molecule has 2 N–H and O–H groups in total. The van der Waals surface area contributed by atoms with Gasteiger partial charge < -0.3 is 8.82 Å². The summed E-state index contributed by atoms with van der Waals surface area (Å²) in [5.74, 6) is 0.943. The number of aromatic nitrogens is 2. The van der Waals surface area contributed by atoms with E-state index in [1.165, 1.54) is 11.8 Å². The quantitative estimate of drug-likeness (QED) is 0.377. The fourth-order valence-corrected chi connectivity index (χ4v) is 4.03. The number of furan rings is 1. The van der Waals surface area contributed by atoms with Crippen molar-refractivity contribution in [1.82, 2.24) is 20.2 Å². The fraction of sp³-hybridized carbons (Fsp3) is 0.136. The first-order valence-corrected chi connectivity index (χ1v) is 10.3. The van der Waals surface area contributed by atoms with Gasteiger partial charge in [-0.1, -0.05) is 18.2 Å². The summed E-state index contributed by atoms with van der Waals surface area (Å²) in [4.78, 5) is 30.3. The van der Waals surface area contributed by atoms with E-state index in [1.807, 2.05) is 47.1 Å². The molecule has 4 rings (SSSR count). The Hall–Kier alpha value is -3.52. The standard InChI is InChI=1S/C22H20N4O3S/c1-14-11-18(15(2)29-14)22(28)25-24-21(27)17-7-3-4-8-19(17)30-13-16-12-26-10-6-5-9-20(26)23-16/h3-12H,13H2,1-2H3,(H,24,27)(H,25,28). The number of thioether (sulfide) groups is 1. The predicted octanol–water partition coefficient (Wildman–Crippen LogP) is 3.91. The number of pyridine rings is 1. The normalized spacial score (nSPS) is 10.9. The van der Waals surface area contributed by atoms with Crippen LogP contribution >= 0.6 is 11.8 Å². The molecule has 0 saturated heterocycles. The monoisotopic (exact) mass is 420 g/mol. The first-order chi connectivity index (χ1) is 14.5.